The van der Waals surface area contributed by atoms with Gasteiger partial charge in [0.15, 0.2) is 5.82 Å². The Labute approximate surface area is 365 Å². The standard InChI is InChI=1S/C49H58FN9O3/c1-33-26-35(10-12-38(33)46-30-57(24-25-62-46)44-28-42(53-54-47(44)51)40-8-2-3-9-45(40)60)48(61)56-22-16-49(50,17-23-56)31-55-20-14-34(15-21-55)41-29-59(36-6-4-7-36)43-27-37(11-13-39(41)43)58-19-5-18-52-32-58/h2-3,5,8-13,19,26-29,34,36,46,52,60H,4,6-7,14-18,20-25,30-32H2,1H3,(H2,51,54)/i18D,32D. The van der Waals surface area contributed by atoms with E-state index >= 15 is 4.39 Å². The van der Waals surface area contributed by atoms with Crippen LogP contribution in [-0.2, 0) is 4.74 Å². The molecule has 10 rings (SSSR count). The van der Waals surface area contributed by atoms with Crippen molar-refractivity contribution in [3.8, 4) is 17.0 Å². The van der Waals surface area contributed by atoms with Crippen LogP contribution in [-0.4, -0.2) is 107 Å². The number of hydrogen-bond acceptors (Lipinski definition) is 10. The fraction of sp³-hybridized carbons (Fsp3) is 0.449. The molecule has 4 aliphatic heterocycles. The van der Waals surface area contributed by atoms with E-state index in [-0.39, 0.29) is 17.8 Å². The van der Waals surface area contributed by atoms with Crippen molar-refractivity contribution < 1.29 is 21.8 Å². The summed E-state index contributed by atoms with van der Waals surface area (Å²) in [6, 6.07) is 21.6. The van der Waals surface area contributed by atoms with Gasteiger partial charge in [0.2, 0.25) is 0 Å². The fourth-order valence-corrected chi connectivity index (χ4v) is 10.2. The van der Waals surface area contributed by atoms with Gasteiger partial charge >= 0.3 is 0 Å². The largest absolute Gasteiger partial charge is 0.507 e. The highest BCUT2D eigenvalue weighted by molar-refractivity contribution is 5.94. The number of alkyl halides is 1. The molecule has 62 heavy (non-hydrogen) atoms. The number of likely N-dealkylation sites (tertiary alicyclic amines) is 2. The van der Waals surface area contributed by atoms with Gasteiger partial charge in [0.1, 0.15) is 17.5 Å². The topological polar surface area (TPSA) is 128 Å². The number of anilines is 3. The summed E-state index contributed by atoms with van der Waals surface area (Å²) in [6.45, 7) is 5.16. The number of ether oxygens (including phenoxy) is 1. The number of nitrogens with zero attached hydrogens (tertiary/aromatic N) is 7. The van der Waals surface area contributed by atoms with Crippen molar-refractivity contribution in [2.45, 2.75) is 75.6 Å². The van der Waals surface area contributed by atoms with Crippen molar-refractivity contribution >= 4 is 34.0 Å². The molecule has 1 saturated carbocycles. The highest BCUT2D eigenvalue weighted by Gasteiger charge is 2.39. The van der Waals surface area contributed by atoms with Gasteiger partial charge in [-0.3, -0.25) is 10.1 Å². The number of phenolic OH excluding ortho intramolecular Hbond substituents is 1. The summed E-state index contributed by atoms with van der Waals surface area (Å²) in [5.41, 5.74) is 12.9. The summed E-state index contributed by atoms with van der Waals surface area (Å²) in [5.74, 6) is 0.739. The zero-order valence-corrected chi connectivity index (χ0v) is 35.4. The van der Waals surface area contributed by atoms with Crippen LogP contribution in [0.5, 0.6) is 5.75 Å². The smallest absolute Gasteiger partial charge is 0.253 e. The lowest BCUT2D eigenvalue weighted by Crippen LogP contribution is -2.51. The SMILES string of the molecule is [2H]C1C=CN(c2ccc3c(C4CCN(CC5(F)CCN(C(=O)c6ccc(C7CN(c8cc(-c9ccccc9O)nnc8N)CCO7)c(C)c6)CC5)CC4)cn(C4CCC4)c3c2)C([2H])N1. The first-order valence-electron chi connectivity index (χ1n) is 23.5. The van der Waals surface area contributed by atoms with Gasteiger partial charge in [-0.05, 0) is 117 Å². The lowest BCUT2D eigenvalue weighted by molar-refractivity contribution is 0.0176. The molecule has 13 heteroatoms. The minimum atomic E-state index is -1.34. The fourth-order valence-electron chi connectivity index (χ4n) is 10.2. The highest BCUT2D eigenvalue weighted by Crippen LogP contribution is 2.42. The molecular formula is C49H58FN9O3. The third kappa shape index (κ3) is 8.02. The summed E-state index contributed by atoms with van der Waals surface area (Å²) in [4.78, 5) is 21.9. The van der Waals surface area contributed by atoms with Gasteiger partial charge in [0, 0.05) is 94.1 Å². The predicted octanol–water partition coefficient (Wildman–Crippen LogP) is 7.70. The maximum absolute atomic E-state index is 16.6. The number of rotatable bonds is 9. The summed E-state index contributed by atoms with van der Waals surface area (Å²) in [5, 5.41) is 23.1. The quantitative estimate of drug-likeness (QED) is 0.136. The summed E-state index contributed by atoms with van der Waals surface area (Å²) in [7, 11) is 0. The molecule has 3 atom stereocenters. The molecule has 5 aromatic rings. The molecule has 12 nitrogen and oxygen atoms in total. The number of halogens is 1. The molecule has 0 spiro atoms. The van der Waals surface area contributed by atoms with Crippen molar-refractivity contribution in [3.63, 3.8) is 0 Å². The Morgan fingerprint density at radius 3 is 2.58 bits per heavy atom. The Balaban J connectivity index is 0.742. The number of phenols is 1. The number of morpholine rings is 1. The lowest BCUT2D eigenvalue weighted by atomic mass is 9.87. The first-order chi connectivity index (χ1) is 31.0. The Kier molecular flexibility index (Phi) is 10.5. The van der Waals surface area contributed by atoms with Gasteiger partial charge in [-0.2, -0.15) is 0 Å². The average molecular weight is 842 g/mol. The first-order valence-corrected chi connectivity index (χ1v) is 22.3. The Morgan fingerprint density at radius 1 is 1.00 bits per heavy atom. The van der Waals surface area contributed by atoms with Crippen LogP contribution < -0.4 is 20.9 Å². The molecule has 4 N–H and O–H groups in total. The molecule has 1 aliphatic carbocycles. The van der Waals surface area contributed by atoms with Crippen LogP contribution in [0.15, 0.2) is 85.2 Å². The van der Waals surface area contributed by atoms with Gasteiger partial charge in [-0.15, -0.1) is 10.2 Å². The maximum atomic E-state index is 16.6. The van der Waals surface area contributed by atoms with E-state index in [2.05, 4.69) is 54.3 Å². The maximum Gasteiger partial charge on any atom is 0.253 e. The van der Waals surface area contributed by atoms with E-state index in [1.54, 1.807) is 29.2 Å². The molecule has 2 aromatic heterocycles. The normalized spacial score (nSPS) is 24.2. The number of hydrogen-bond donors (Lipinski definition) is 3. The summed E-state index contributed by atoms with van der Waals surface area (Å²) >= 11 is 0. The Morgan fingerprint density at radius 2 is 1.82 bits per heavy atom. The van der Waals surface area contributed by atoms with Crippen LogP contribution in [0.4, 0.5) is 21.6 Å². The number of carbonyl (C=O) groups excluding carboxylic acids is 1. The second kappa shape index (κ2) is 17.0. The molecular weight excluding hydrogens is 782 g/mol. The lowest BCUT2D eigenvalue weighted by Gasteiger charge is -2.41. The van der Waals surface area contributed by atoms with Crippen LogP contribution in [0.25, 0.3) is 22.2 Å². The number of piperidine rings is 2. The van der Waals surface area contributed by atoms with Crippen molar-refractivity contribution in [2.24, 2.45) is 0 Å². The minimum absolute atomic E-state index is 0.0747. The van der Waals surface area contributed by atoms with Crippen LogP contribution in [0.1, 0.15) is 92.8 Å². The number of amides is 1. The molecule has 4 fully saturated rings. The van der Waals surface area contributed by atoms with Crippen LogP contribution in [0.2, 0.25) is 0 Å². The number of nitrogens with one attached hydrogen (secondary N) is 1. The molecule has 3 saturated heterocycles. The number of nitrogens with two attached hydrogens (primary N) is 1. The molecule has 324 valence electrons. The zero-order valence-electron chi connectivity index (χ0n) is 37.4. The van der Waals surface area contributed by atoms with Crippen molar-refractivity contribution in [2.75, 3.05) is 81.1 Å². The first kappa shape index (κ1) is 38.2. The molecule has 0 bridgehead atoms. The van der Waals surface area contributed by atoms with E-state index in [9.17, 15) is 9.90 Å². The second-order valence-corrected chi connectivity index (χ2v) is 17.9. The molecule has 5 aliphatic rings. The minimum Gasteiger partial charge on any atom is -0.507 e. The van der Waals surface area contributed by atoms with E-state index in [4.69, 9.17) is 13.2 Å². The van der Waals surface area contributed by atoms with E-state index in [0.717, 1.165) is 48.4 Å². The van der Waals surface area contributed by atoms with E-state index in [1.165, 1.54) is 35.7 Å². The third-order valence-electron chi connectivity index (χ3n) is 14.0. The van der Waals surface area contributed by atoms with Crippen LogP contribution in [0, 0.1) is 6.92 Å². The number of fused-ring (bicyclic) bond motifs is 1. The van der Waals surface area contributed by atoms with Crippen molar-refractivity contribution in [3.05, 3.63) is 107 Å². The molecule has 3 unspecified atom stereocenters. The second-order valence-electron chi connectivity index (χ2n) is 17.9. The van der Waals surface area contributed by atoms with E-state index in [0.29, 0.717) is 86.8 Å². The van der Waals surface area contributed by atoms with Crippen LogP contribution >= 0.6 is 0 Å². The number of para-hydroxylation sites is 1. The average Bonchev–Trinajstić information content (AvgIpc) is 3.64. The van der Waals surface area contributed by atoms with E-state index in [1.807, 2.05) is 48.4 Å². The van der Waals surface area contributed by atoms with Gasteiger partial charge in [-0.25, -0.2) is 4.39 Å². The van der Waals surface area contributed by atoms with Crippen molar-refractivity contribution in [1.29, 1.82) is 0 Å². The van der Waals surface area contributed by atoms with Gasteiger partial charge in [0.25, 0.3) is 5.91 Å². The number of benzene rings is 3. The summed E-state index contributed by atoms with van der Waals surface area (Å²) < 4.78 is 41.8. The Bertz CT molecular complexity index is 2550. The molecule has 6 heterocycles. The number of aryl methyl sites for hydroxylation is 1. The molecule has 0 radical (unpaired) electrons. The van der Waals surface area contributed by atoms with Gasteiger partial charge in [-0.1, -0.05) is 30.3 Å². The van der Waals surface area contributed by atoms with Gasteiger partial charge < -0.3 is 39.7 Å². The molecule has 3 aromatic carbocycles. The highest BCUT2D eigenvalue weighted by atomic mass is 19.1. The van der Waals surface area contributed by atoms with Gasteiger partial charge in [0.05, 0.1) is 31.5 Å². The third-order valence-corrected chi connectivity index (χ3v) is 14.0. The predicted molar refractivity (Wildman–Crippen MR) is 242 cm³/mol. The number of aromatic nitrogens is 3. The number of carbonyl (C=O) groups is 1. The zero-order chi connectivity index (χ0) is 44.1. The number of nitrogen functional groups attached to an aromatic ring is 1. The Hall–Kier alpha value is -5.50. The van der Waals surface area contributed by atoms with Crippen LogP contribution in [0.3, 0.4) is 0 Å². The van der Waals surface area contributed by atoms with Crippen molar-refractivity contribution in [1.82, 2.24) is 29.9 Å². The molecule has 1 amide bonds. The monoisotopic (exact) mass is 841 g/mol. The van der Waals surface area contributed by atoms with E-state index < -0.39 is 18.8 Å². The number of aromatic hydroxyl groups is 1. The summed E-state index contributed by atoms with van der Waals surface area (Å²) in [6.07, 6.45) is 11.9.